The predicted molar refractivity (Wildman–Crippen MR) is 110 cm³/mol. The summed E-state index contributed by atoms with van der Waals surface area (Å²) in [4.78, 5) is 26.7. The van der Waals surface area contributed by atoms with Crippen LogP contribution in [0.2, 0.25) is 0 Å². The van der Waals surface area contributed by atoms with Gasteiger partial charge in [-0.1, -0.05) is 12.1 Å². The number of likely N-dealkylation sites (tertiary alicyclic amines) is 1. The van der Waals surface area contributed by atoms with Crippen molar-refractivity contribution in [2.45, 2.75) is 44.8 Å². The third-order valence-corrected chi connectivity index (χ3v) is 5.96. The zero-order chi connectivity index (χ0) is 21.8. The van der Waals surface area contributed by atoms with Gasteiger partial charge in [0.25, 0.3) is 0 Å². The Balaban J connectivity index is 1.20. The molecule has 0 spiro atoms. The molecule has 1 aromatic carbocycles. The molecule has 0 bridgehead atoms. The largest absolute Gasteiger partial charge is 0.490 e. The van der Waals surface area contributed by atoms with E-state index in [1.807, 2.05) is 12.1 Å². The molecule has 0 radical (unpaired) electrons. The van der Waals surface area contributed by atoms with Gasteiger partial charge in [0.1, 0.15) is 24.7 Å². The van der Waals surface area contributed by atoms with Gasteiger partial charge in [-0.05, 0) is 54.2 Å². The summed E-state index contributed by atoms with van der Waals surface area (Å²) in [5, 5.41) is 19.9. The van der Waals surface area contributed by atoms with Gasteiger partial charge >= 0.3 is 17.9 Å². The van der Waals surface area contributed by atoms with Crippen molar-refractivity contribution in [2.24, 2.45) is 5.92 Å². The number of carbonyl (C=O) groups is 1. The van der Waals surface area contributed by atoms with Gasteiger partial charge in [-0.3, -0.25) is 4.57 Å². The standard InChI is InChI=1S/C21H26N4O6/c26-21(27)23-10-7-16(8-11-23)2-1-15-3-5-17(6-4-15)30-14-18-9-12-24-13-19(25(28)29)22-20(24)31-18/h3-6,13,16,18H,1-2,7-12,14H2,(H,26,27). The van der Waals surface area contributed by atoms with Crippen LogP contribution in [0.15, 0.2) is 30.5 Å². The van der Waals surface area contributed by atoms with Gasteiger partial charge in [0.15, 0.2) is 0 Å². The highest BCUT2D eigenvalue weighted by atomic mass is 16.6. The van der Waals surface area contributed by atoms with Gasteiger partial charge in [-0.15, -0.1) is 0 Å². The molecule has 0 saturated carbocycles. The fraction of sp³-hybridized carbons (Fsp3) is 0.524. The number of hydrogen-bond donors (Lipinski definition) is 1. The Morgan fingerprint density at radius 2 is 1.97 bits per heavy atom. The third-order valence-electron chi connectivity index (χ3n) is 5.96. The fourth-order valence-corrected chi connectivity index (χ4v) is 4.06. The summed E-state index contributed by atoms with van der Waals surface area (Å²) in [6.45, 7) is 2.21. The molecule has 1 N–H and O–H groups in total. The molecule has 10 nitrogen and oxygen atoms in total. The maximum atomic E-state index is 11.0. The van der Waals surface area contributed by atoms with Crippen LogP contribution in [0.3, 0.4) is 0 Å². The van der Waals surface area contributed by atoms with Crippen molar-refractivity contribution in [1.29, 1.82) is 0 Å². The number of imidazole rings is 1. The zero-order valence-electron chi connectivity index (χ0n) is 17.2. The van der Waals surface area contributed by atoms with Crippen LogP contribution in [0.25, 0.3) is 0 Å². The van der Waals surface area contributed by atoms with Crippen LogP contribution in [-0.2, 0) is 13.0 Å². The van der Waals surface area contributed by atoms with E-state index in [9.17, 15) is 14.9 Å². The molecule has 4 rings (SSSR count). The van der Waals surface area contributed by atoms with Crippen molar-refractivity contribution in [3.8, 4) is 11.8 Å². The summed E-state index contributed by atoms with van der Waals surface area (Å²) in [5.74, 6) is 1.11. The zero-order valence-corrected chi connectivity index (χ0v) is 17.2. The summed E-state index contributed by atoms with van der Waals surface area (Å²) in [5.41, 5.74) is 1.23. The highest BCUT2D eigenvalue weighted by molar-refractivity contribution is 5.64. The van der Waals surface area contributed by atoms with E-state index in [2.05, 4.69) is 17.1 Å². The lowest BCUT2D eigenvalue weighted by Gasteiger charge is -2.29. The van der Waals surface area contributed by atoms with E-state index in [1.165, 1.54) is 16.7 Å². The molecule has 2 aromatic rings. The van der Waals surface area contributed by atoms with E-state index in [-0.39, 0.29) is 17.9 Å². The second-order valence-corrected chi connectivity index (χ2v) is 8.07. The SMILES string of the molecule is O=C(O)N1CCC(CCc2ccc(OCC3CCn4cc([N+](=O)[O-])nc4O3)cc2)CC1. The van der Waals surface area contributed by atoms with Crippen molar-refractivity contribution in [2.75, 3.05) is 19.7 Å². The first-order valence-electron chi connectivity index (χ1n) is 10.6. The number of nitrogens with zero attached hydrogens (tertiary/aromatic N) is 4. The number of amides is 1. The van der Waals surface area contributed by atoms with Crippen molar-refractivity contribution < 1.29 is 24.3 Å². The van der Waals surface area contributed by atoms with E-state index in [0.717, 1.165) is 31.4 Å². The minimum absolute atomic E-state index is 0.203. The molecule has 1 unspecified atom stereocenters. The first kappa shape index (κ1) is 21.0. The van der Waals surface area contributed by atoms with Crippen LogP contribution < -0.4 is 9.47 Å². The minimum Gasteiger partial charge on any atom is -0.490 e. The highest BCUT2D eigenvalue weighted by Gasteiger charge is 2.28. The Labute approximate surface area is 179 Å². The summed E-state index contributed by atoms with van der Waals surface area (Å²) in [6, 6.07) is 8.25. The average molecular weight is 430 g/mol. The molecule has 1 atom stereocenters. The number of carboxylic acid groups (broad SMARTS) is 1. The Morgan fingerprint density at radius 3 is 2.65 bits per heavy atom. The first-order valence-corrected chi connectivity index (χ1v) is 10.6. The van der Waals surface area contributed by atoms with E-state index in [1.54, 1.807) is 4.57 Å². The number of fused-ring (bicyclic) bond motifs is 1. The molecule has 2 aliphatic heterocycles. The van der Waals surface area contributed by atoms with Gasteiger partial charge in [-0.25, -0.2) is 4.79 Å². The number of hydrogen-bond acceptors (Lipinski definition) is 6. The van der Waals surface area contributed by atoms with Crippen LogP contribution in [0, 0.1) is 16.0 Å². The maximum absolute atomic E-state index is 11.0. The molecule has 0 aliphatic carbocycles. The Hall–Kier alpha value is -3.30. The summed E-state index contributed by atoms with van der Waals surface area (Å²) < 4.78 is 13.2. The van der Waals surface area contributed by atoms with E-state index in [4.69, 9.17) is 14.6 Å². The average Bonchev–Trinajstić information content (AvgIpc) is 3.21. The van der Waals surface area contributed by atoms with Crippen molar-refractivity contribution >= 4 is 11.9 Å². The van der Waals surface area contributed by atoms with Gasteiger partial charge in [0.2, 0.25) is 0 Å². The summed E-state index contributed by atoms with van der Waals surface area (Å²) >= 11 is 0. The normalized spacial score (nSPS) is 18.8. The molecule has 10 heteroatoms. The van der Waals surface area contributed by atoms with Gasteiger partial charge in [0.05, 0.1) is 0 Å². The molecule has 31 heavy (non-hydrogen) atoms. The number of aromatic nitrogens is 2. The van der Waals surface area contributed by atoms with E-state index in [0.29, 0.717) is 38.6 Å². The molecular formula is C21H26N4O6. The minimum atomic E-state index is -0.820. The number of aryl methyl sites for hydroxylation is 2. The van der Waals surface area contributed by atoms with Crippen molar-refractivity contribution in [3.05, 3.63) is 46.1 Å². The lowest BCUT2D eigenvalue weighted by atomic mass is 9.91. The fourth-order valence-electron chi connectivity index (χ4n) is 4.06. The van der Waals surface area contributed by atoms with Crippen LogP contribution in [0.5, 0.6) is 11.8 Å². The molecule has 166 valence electrons. The lowest BCUT2D eigenvalue weighted by Crippen LogP contribution is -2.37. The monoisotopic (exact) mass is 430 g/mol. The van der Waals surface area contributed by atoms with Crippen LogP contribution in [0.1, 0.15) is 31.2 Å². The van der Waals surface area contributed by atoms with Gasteiger partial charge < -0.3 is 29.6 Å². The Kier molecular flexibility index (Phi) is 6.24. The Morgan fingerprint density at radius 1 is 1.23 bits per heavy atom. The Bertz CT molecular complexity index is 920. The highest BCUT2D eigenvalue weighted by Crippen LogP contribution is 2.25. The molecule has 1 amide bonds. The molecule has 2 aliphatic rings. The van der Waals surface area contributed by atoms with Gasteiger partial charge in [-0.2, -0.15) is 0 Å². The van der Waals surface area contributed by atoms with Crippen molar-refractivity contribution in [1.82, 2.24) is 14.5 Å². The molecule has 1 fully saturated rings. The first-order chi connectivity index (χ1) is 15.0. The second-order valence-electron chi connectivity index (χ2n) is 8.07. The van der Waals surface area contributed by atoms with Crippen molar-refractivity contribution in [3.63, 3.8) is 0 Å². The molecular weight excluding hydrogens is 404 g/mol. The van der Waals surface area contributed by atoms with E-state index >= 15 is 0 Å². The maximum Gasteiger partial charge on any atom is 0.414 e. The van der Waals surface area contributed by atoms with Crippen LogP contribution in [0.4, 0.5) is 10.6 Å². The second kappa shape index (κ2) is 9.23. The predicted octanol–water partition coefficient (Wildman–Crippen LogP) is 3.34. The van der Waals surface area contributed by atoms with E-state index < -0.39 is 11.0 Å². The number of rotatable bonds is 7. The number of nitro groups is 1. The smallest absolute Gasteiger partial charge is 0.414 e. The third kappa shape index (κ3) is 5.25. The van der Waals surface area contributed by atoms with Gasteiger partial charge in [0, 0.05) is 31.0 Å². The number of benzene rings is 1. The molecule has 1 aromatic heterocycles. The molecule has 3 heterocycles. The summed E-state index contributed by atoms with van der Waals surface area (Å²) in [7, 11) is 0. The van der Waals surface area contributed by atoms with Crippen LogP contribution >= 0.6 is 0 Å². The summed E-state index contributed by atoms with van der Waals surface area (Å²) in [6.07, 6.45) is 4.94. The quantitative estimate of drug-likeness (QED) is 0.528. The number of piperidine rings is 1. The molecule has 1 saturated heterocycles. The lowest BCUT2D eigenvalue weighted by molar-refractivity contribution is -0.389. The number of ether oxygens (including phenoxy) is 2. The van der Waals surface area contributed by atoms with Crippen LogP contribution in [-0.4, -0.2) is 56.4 Å². The topological polar surface area (TPSA) is 120 Å².